The molecule has 0 aliphatic carbocycles. The van der Waals surface area contributed by atoms with Crippen LogP contribution in [0.1, 0.15) is 10.4 Å². The molecule has 1 rings (SSSR count). The number of carboxylic acids is 1. The fraction of sp³-hybridized carbons (Fsp3) is 0.222. The third-order valence-corrected chi connectivity index (χ3v) is 3.81. The summed E-state index contributed by atoms with van der Waals surface area (Å²) in [5, 5.41) is 8.31. The molecule has 2 N–H and O–H groups in total. The molecule has 1 aromatic carbocycles. The minimum absolute atomic E-state index is 0.375. The van der Waals surface area contributed by atoms with Gasteiger partial charge in [0.25, 0.3) is 0 Å². The van der Waals surface area contributed by atoms with Crippen LogP contribution in [0.15, 0.2) is 23.1 Å². The van der Waals surface area contributed by atoms with Crippen molar-refractivity contribution in [2.45, 2.75) is 11.1 Å². The van der Waals surface area contributed by atoms with Crippen molar-refractivity contribution in [3.63, 3.8) is 0 Å². The lowest BCUT2D eigenvalue weighted by atomic mass is 10.2. The van der Waals surface area contributed by atoms with Crippen molar-refractivity contribution in [3.05, 3.63) is 28.8 Å². The number of hydrogen-bond acceptors (Lipinski definition) is 3. The van der Waals surface area contributed by atoms with E-state index in [0.29, 0.717) is 6.07 Å². The second kappa shape index (κ2) is 5.35. The predicted molar refractivity (Wildman–Crippen MR) is 59.7 cm³/mol. The van der Waals surface area contributed by atoms with E-state index in [2.05, 4.69) is 0 Å². The maximum absolute atomic E-state index is 12.0. The second-order valence-corrected chi connectivity index (χ2v) is 5.53. The maximum atomic E-state index is 12.0. The van der Waals surface area contributed by atoms with E-state index in [4.69, 9.17) is 16.7 Å². The van der Waals surface area contributed by atoms with Gasteiger partial charge in [0.05, 0.1) is 10.6 Å². The average molecular weight is 318 g/mol. The molecule has 10 heteroatoms. The number of benzene rings is 1. The second-order valence-electron chi connectivity index (χ2n) is 3.39. The zero-order valence-electron chi connectivity index (χ0n) is 9.03. The molecule has 0 aromatic heterocycles. The monoisotopic (exact) mass is 317 g/mol. The maximum Gasteiger partial charge on any atom is 0.402 e. The number of rotatable bonds is 4. The van der Waals surface area contributed by atoms with Gasteiger partial charge in [-0.05, 0) is 18.2 Å². The van der Waals surface area contributed by atoms with Crippen molar-refractivity contribution in [2.24, 2.45) is 0 Å². The van der Waals surface area contributed by atoms with Crippen LogP contribution in [0, 0.1) is 0 Å². The molecule has 5 nitrogen and oxygen atoms in total. The first-order chi connectivity index (χ1) is 8.53. The van der Waals surface area contributed by atoms with Gasteiger partial charge in [0.2, 0.25) is 10.0 Å². The standard InChI is InChI=1S/C9H7ClF3NO4S/c10-6-2-1-5(8(15)16)3-7(6)19(17,18)14-4-9(11,12)13/h1-3,14H,4H2,(H,15,16). The highest BCUT2D eigenvalue weighted by atomic mass is 35.5. The summed E-state index contributed by atoms with van der Waals surface area (Å²) in [5.41, 5.74) is -0.406. The summed E-state index contributed by atoms with van der Waals surface area (Å²) in [6.45, 7) is -1.77. The fourth-order valence-corrected chi connectivity index (χ4v) is 2.64. The van der Waals surface area contributed by atoms with Gasteiger partial charge in [-0.1, -0.05) is 11.6 Å². The van der Waals surface area contributed by atoms with Crippen LogP contribution in [0.4, 0.5) is 13.2 Å². The van der Waals surface area contributed by atoms with E-state index in [-0.39, 0.29) is 5.02 Å². The SMILES string of the molecule is O=C(O)c1ccc(Cl)c(S(=O)(=O)NCC(F)(F)F)c1. The minimum Gasteiger partial charge on any atom is -0.478 e. The largest absolute Gasteiger partial charge is 0.478 e. The Bertz CT molecular complexity index is 600. The summed E-state index contributed by atoms with van der Waals surface area (Å²) in [6, 6.07) is 2.70. The number of carboxylic acid groups (broad SMARTS) is 1. The molecule has 0 fully saturated rings. The van der Waals surface area contributed by atoms with Crippen molar-refractivity contribution >= 4 is 27.6 Å². The predicted octanol–water partition coefficient (Wildman–Crippen LogP) is 1.88. The topological polar surface area (TPSA) is 83.5 Å². The van der Waals surface area contributed by atoms with E-state index in [0.717, 1.165) is 12.1 Å². The number of hydrogen-bond donors (Lipinski definition) is 2. The van der Waals surface area contributed by atoms with Gasteiger partial charge in [-0.25, -0.2) is 17.9 Å². The van der Waals surface area contributed by atoms with Crippen LogP contribution in [0.2, 0.25) is 5.02 Å². The first-order valence-electron chi connectivity index (χ1n) is 4.62. The highest BCUT2D eigenvalue weighted by molar-refractivity contribution is 7.89. The van der Waals surface area contributed by atoms with Gasteiger partial charge in [0.1, 0.15) is 11.4 Å². The lowest BCUT2D eigenvalue weighted by Gasteiger charge is -2.10. The van der Waals surface area contributed by atoms with Crippen LogP contribution in [0.3, 0.4) is 0 Å². The molecule has 0 aliphatic rings. The molecule has 0 spiro atoms. The van der Waals surface area contributed by atoms with E-state index in [1.807, 2.05) is 0 Å². The minimum atomic E-state index is -4.73. The van der Waals surface area contributed by atoms with E-state index in [9.17, 15) is 26.4 Å². The van der Waals surface area contributed by atoms with Gasteiger partial charge < -0.3 is 5.11 Å². The molecule has 0 heterocycles. The molecule has 0 atom stereocenters. The fourth-order valence-electron chi connectivity index (χ4n) is 1.10. The normalized spacial score (nSPS) is 12.4. The van der Waals surface area contributed by atoms with Crippen LogP contribution < -0.4 is 4.72 Å². The molecule has 1 aromatic rings. The Kier molecular flexibility index (Phi) is 4.43. The van der Waals surface area contributed by atoms with Crippen molar-refractivity contribution in [1.82, 2.24) is 4.72 Å². The molecule has 0 amide bonds. The summed E-state index contributed by atoms with van der Waals surface area (Å²) in [4.78, 5) is 9.95. The van der Waals surface area contributed by atoms with Gasteiger partial charge in [-0.3, -0.25) is 0 Å². The number of sulfonamides is 1. The lowest BCUT2D eigenvalue weighted by molar-refractivity contribution is -0.121. The van der Waals surface area contributed by atoms with Crippen LogP contribution in [0.25, 0.3) is 0 Å². The first kappa shape index (κ1) is 15.7. The molecular formula is C9H7ClF3NO4S. The third kappa shape index (κ3) is 4.37. The summed E-state index contributed by atoms with van der Waals surface area (Å²) in [6.07, 6.45) is -4.73. The summed E-state index contributed by atoms with van der Waals surface area (Å²) >= 11 is 5.54. The highest BCUT2D eigenvalue weighted by Crippen LogP contribution is 2.23. The van der Waals surface area contributed by atoms with E-state index >= 15 is 0 Å². The molecule has 0 saturated heterocycles. The van der Waals surface area contributed by atoms with Crippen LogP contribution in [-0.2, 0) is 10.0 Å². The number of nitrogens with one attached hydrogen (secondary N) is 1. The Labute approximate surface area is 111 Å². The Balaban J connectivity index is 3.14. The van der Waals surface area contributed by atoms with Crippen molar-refractivity contribution < 1.29 is 31.5 Å². The molecule has 0 bridgehead atoms. The zero-order chi connectivity index (χ0) is 14.8. The number of aromatic carboxylic acids is 1. The van der Waals surface area contributed by atoms with E-state index in [1.54, 1.807) is 0 Å². The Hall–Kier alpha value is -1.32. The van der Waals surface area contributed by atoms with Gasteiger partial charge in [0, 0.05) is 0 Å². The van der Waals surface area contributed by atoms with E-state index < -0.39 is 39.2 Å². The van der Waals surface area contributed by atoms with E-state index in [1.165, 1.54) is 4.72 Å². The van der Waals surface area contributed by atoms with Crippen molar-refractivity contribution in [1.29, 1.82) is 0 Å². The average Bonchev–Trinajstić information content (AvgIpc) is 2.25. The van der Waals surface area contributed by atoms with Gasteiger partial charge in [-0.2, -0.15) is 13.2 Å². The van der Waals surface area contributed by atoms with Crippen LogP contribution in [0.5, 0.6) is 0 Å². The molecule has 0 aliphatic heterocycles. The lowest BCUT2D eigenvalue weighted by Crippen LogP contribution is -2.34. The quantitative estimate of drug-likeness (QED) is 0.888. The van der Waals surface area contributed by atoms with Gasteiger partial charge >= 0.3 is 12.1 Å². The van der Waals surface area contributed by atoms with Crippen molar-refractivity contribution in [3.8, 4) is 0 Å². The van der Waals surface area contributed by atoms with Gasteiger partial charge in [-0.15, -0.1) is 0 Å². The van der Waals surface area contributed by atoms with Crippen LogP contribution in [-0.4, -0.2) is 32.2 Å². The summed E-state index contributed by atoms with van der Waals surface area (Å²) in [7, 11) is -4.55. The molecular weight excluding hydrogens is 311 g/mol. The Morgan fingerprint density at radius 2 is 1.95 bits per heavy atom. The molecule has 19 heavy (non-hydrogen) atoms. The third-order valence-electron chi connectivity index (χ3n) is 1.93. The number of carbonyl (C=O) groups is 1. The number of alkyl halides is 3. The number of halogens is 4. The van der Waals surface area contributed by atoms with Gasteiger partial charge in [0.15, 0.2) is 0 Å². The summed E-state index contributed by atoms with van der Waals surface area (Å²) < 4.78 is 60.3. The van der Waals surface area contributed by atoms with Crippen LogP contribution >= 0.6 is 11.6 Å². The molecule has 0 saturated carbocycles. The van der Waals surface area contributed by atoms with Crippen molar-refractivity contribution in [2.75, 3.05) is 6.54 Å². The first-order valence-corrected chi connectivity index (χ1v) is 6.48. The molecule has 106 valence electrons. The Morgan fingerprint density at radius 1 is 1.37 bits per heavy atom. The molecule has 0 radical (unpaired) electrons. The molecule has 0 unspecified atom stereocenters. The zero-order valence-corrected chi connectivity index (χ0v) is 10.6. The highest BCUT2D eigenvalue weighted by Gasteiger charge is 2.31. The smallest absolute Gasteiger partial charge is 0.402 e. The summed E-state index contributed by atoms with van der Waals surface area (Å²) in [5.74, 6) is -1.43. The Morgan fingerprint density at radius 3 is 2.42 bits per heavy atom.